The Morgan fingerprint density at radius 3 is 2.62 bits per heavy atom. The van der Waals surface area contributed by atoms with Crippen LogP contribution in [0.4, 0.5) is 13.6 Å². The van der Waals surface area contributed by atoms with Crippen LogP contribution in [0.15, 0.2) is 48.5 Å². The fourth-order valence-corrected chi connectivity index (χ4v) is 1.95. The first kappa shape index (κ1) is 17.5. The van der Waals surface area contributed by atoms with Crippen molar-refractivity contribution in [3.05, 3.63) is 71.3 Å². The number of rotatable bonds is 6. The van der Waals surface area contributed by atoms with Gasteiger partial charge in [0.05, 0.1) is 7.11 Å². The van der Waals surface area contributed by atoms with E-state index in [0.29, 0.717) is 0 Å². The molecule has 0 saturated heterocycles. The maximum atomic E-state index is 13.9. The van der Waals surface area contributed by atoms with Gasteiger partial charge in [-0.05, 0) is 17.7 Å². The van der Waals surface area contributed by atoms with Crippen LogP contribution < -0.4 is 10.1 Å². The van der Waals surface area contributed by atoms with E-state index in [1.165, 1.54) is 25.3 Å². The number of hydrogen-bond donors (Lipinski definition) is 1. The molecule has 0 aromatic heterocycles. The lowest BCUT2D eigenvalue weighted by Gasteiger charge is -2.06. The Morgan fingerprint density at radius 1 is 1.17 bits per heavy atom. The molecule has 0 bridgehead atoms. The van der Waals surface area contributed by atoms with Gasteiger partial charge in [0, 0.05) is 12.1 Å². The van der Waals surface area contributed by atoms with Crippen LogP contribution in [0.5, 0.6) is 5.75 Å². The van der Waals surface area contributed by atoms with Crippen molar-refractivity contribution in [2.24, 2.45) is 0 Å². The number of nitrogens with one attached hydrogen (secondary N) is 1. The standard InChI is InChI=1S/C18H17F2NO3/c1-23-16-10-9-15(19)14(17(16)20)8-5-11-21-18(22)24-12-13-6-3-2-4-7-13/h2-10H,11-12H2,1H3,(H,21,22). The van der Waals surface area contributed by atoms with Crippen molar-refractivity contribution >= 4 is 12.2 Å². The summed E-state index contributed by atoms with van der Waals surface area (Å²) in [6.45, 7) is 0.221. The normalized spacial score (nSPS) is 10.6. The first-order valence-corrected chi connectivity index (χ1v) is 7.25. The molecule has 126 valence electrons. The minimum absolute atomic E-state index is 0.0497. The van der Waals surface area contributed by atoms with Gasteiger partial charge in [0.1, 0.15) is 12.4 Å². The van der Waals surface area contributed by atoms with E-state index in [-0.39, 0.29) is 24.5 Å². The zero-order valence-electron chi connectivity index (χ0n) is 13.1. The van der Waals surface area contributed by atoms with Crippen molar-refractivity contribution in [2.75, 3.05) is 13.7 Å². The Kier molecular flexibility index (Phi) is 6.31. The second kappa shape index (κ2) is 8.67. The number of methoxy groups -OCH3 is 1. The Bertz CT molecular complexity index is 718. The fraction of sp³-hybridized carbons (Fsp3) is 0.167. The third-order valence-electron chi connectivity index (χ3n) is 3.17. The predicted octanol–water partition coefficient (Wildman–Crippen LogP) is 3.91. The average molecular weight is 333 g/mol. The molecule has 24 heavy (non-hydrogen) atoms. The molecular weight excluding hydrogens is 316 g/mol. The van der Waals surface area contributed by atoms with E-state index >= 15 is 0 Å². The van der Waals surface area contributed by atoms with Crippen molar-refractivity contribution in [3.8, 4) is 5.75 Å². The van der Waals surface area contributed by atoms with E-state index in [2.05, 4.69) is 5.32 Å². The van der Waals surface area contributed by atoms with E-state index in [1.807, 2.05) is 30.3 Å². The number of benzene rings is 2. The molecular formula is C18H17F2NO3. The van der Waals surface area contributed by atoms with Crippen molar-refractivity contribution in [1.29, 1.82) is 0 Å². The summed E-state index contributed by atoms with van der Waals surface area (Å²) in [6.07, 6.45) is 2.05. The molecule has 1 N–H and O–H groups in total. The number of hydrogen-bond acceptors (Lipinski definition) is 3. The molecule has 0 spiro atoms. The lowest BCUT2D eigenvalue weighted by atomic mass is 10.1. The highest BCUT2D eigenvalue weighted by Crippen LogP contribution is 2.23. The second-order valence-electron chi connectivity index (χ2n) is 4.82. The molecule has 2 rings (SSSR count). The molecule has 0 radical (unpaired) electrons. The Hall–Kier alpha value is -2.89. The van der Waals surface area contributed by atoms with Crippen molar-refractivity contribution in [2.45, 2.75) is 6.61 Å². The fourth-order valence-electron chi connectivity index (χ4n) is 1.95. The molecule has 1 amide bonds. The lowest BCUT2D eigenvalue weighted by Crippen LogP contribution is -2.24. The third kappa shape index (κ3) is 4.81. The number of halogens is 2. The van der Waals surface area contributed by atoms with Crippen LogP contribution in [-0.2, 0) is 11.3 Å². The number of carbonyl (C=O) groups is 1. The molecule has 0 saturated carbocycles. The average Bonchev–Trinajstić information content (AvgIpc) is 2.60. The first-order valence-electron chi connectivity index (χ1n) is 7.25. The van der Waals surface area contributed by atoms with E-state index < -0.39 is 17.7 Å². The summed E-state index contributed by atoms with van der Waals surface area (Å²) in [5, 5.41) is 2.47. The van der Waals surface area contributed by atoms with Crippen molar-refractivity contribution < 1.29 is 23.0 Å². The third-order valence-corrected chi connectivity index (χ3v) is 3.17. The van der Waals surface area contributed by atoms with Gasteiger partial charge in [0.15, 0.2) is 11.6 Å². The van der Waals surface area contributed by atoms with Gasteiger partial charge in [-0.1, -0.05) is 42.5 Å². The van der Waals surface area contributed by atoms with Gasteiger partial charge in [0.2, 0.25) is 0 Å². The summed E-state index contributed by atoms with van der Waals surface area (Å²) in [4.78, 5) is 11.5. The summed E-state index contributed by atoms with van der Waals surface area (Å²) < 4.78 is 37.3. The van der Waals surface area contributed by atoms with E-state index in [0.717, 1.165) is 11.6 Å². The largest absolute Gasteiger partial charge is 0.494 e. The number of alkyl carbamates (subject to hydrolysis) is 1. The van der Waals surface area contributed by atoms with Gasteiger partial charge in [-0.25, -0.2) is 13.6 Å². The summed E-state index contributed by atoms with van der Waals surface area (Å²) in [5.41, 5.74) is 0.637. The van der Waals surface area contributed by atoms with Gasteiger partial charge in [0.25, 0.3) is 0 Å². The van der Waals surface area contributed by atoms with Crippen LogP contribution in [0, 0.1) is 11.6 Å². The van der Waals surface area contributed by atoms with Crippen LogP contribution in [0.3, 0.4) is 0 Å². The van der Waals surface area contributed by atoms with Gasteiger partial charge < -0.3 is 14.8 Å². The van der Waals surface area contributed by atoms with Gasteiger partial charge in [-0.3, -0.25) is 0 Å². The van der Waals surface area contributed by atoms with Crippen molar-refractivity contribution in [3.63, 3.8) is 0 Å². The van der Waals surface area contributed by atoms with Gasteiger partial charge >= 0.3 is 6.09 Å². The van der Waals surface area contributed by atoms with E-state index in [9.17, 15) is 13.6 Å². The highest BCUT2D eigenvalue weighted by Gasteiger charge is 2.11. The Labute approximate surface area is 138 Å². The van der Waals surface area contributed by atoms with Gasteiger partial charge in [-0.15, -0.1) is 0 Å². The maximum Gasteiger partial charge on any atom is 0.407 e. The van der Waals surface area contributed by atoms with Crippen LogP contribution in [0.25, 0.3) is 6.08 Å². The Balaban J connectivity index is 1.83. The molecule has 2 aromatic carbocycles. The molecule has 0 aliphatic carbocycles. The lowest BCUT2D eigenvalue weighted by molar-refractivity contribution is 0.141. The quantitative estimate of drug-likeness (QED) is 0.872. The summed E-state index contributed by atoms with van der Waals surface area (Å²) in [5.74, 6) is -1.55. The topological polar surface area (TPSA) is 47.6 Å². The zero-order chi connectivity index (χ0) is 17.4. The highest BCUT2D eigenvalue weighted by atomic mass is 19.1. The number of carbonyl (C=O) groups excluding carboxylic acids is 1. The summed E-state index contributed by atoms with van der Waals surface area (Å²) in [6, 6.07) is 11.5. The molecule has 0 atom stereocenters. The first-order chi connectivity index (χ1) is 11.6. The zero-order valence-corrected chi connectivity index (χ0v) is 13.1. The SMILES string of the molecule is COc1ccc(F)c(C=CCNC(=O)OCc2ccccc2)c1F. The molecule has 0 aliphatic heterocycles. The second-order valence-corrected chi connectivity index (χ2v) is 4.82. The van der Waals surface area contributed by atoms with Crippen LogP contribution >= 0.6 is 0 Å². The number of amides is 1. The van der Waals surface area contributed by atoms with E-state index in [4.69, 9.17) is 9.47 Å². The van der Waals surface area contributed by atoms with Crippen LogP contribution in [0.2, 0.25) is 0 Å². The maximum absolute atomic E-state index is 13.9. The van der Waals surface area contributed by atoms with Crippen LogP contribution in [0.1, 0.15) is 11.1 Å². The predicted molar refractivity (Wildman–Crippen MR) is 86.6 cm³/mol. The van der Waals surface area contributed by atoms with Crippen LogP contribution in [-0.4, -0.2) is 19.7 Å². The molecule has 0 fully saturated rings. The van der Waals surface area contributed by atoms with Gasteiger partial charge in [-0.2, -0.15) is 0 Å². The molecule has 0 unspecified atom stereocenters. The molecule has 0 aliphatic rings. The smallest absolute Gasteiger partial charge is 0.407 e. The minimum Gasteiger partial charge on any atom is -0.494 e. The summed E-state index contributed by atoms with van der Waals surface area (Å²) in [7, 11) is 1.30. The number of ether oxygens (including phenoxy) is 2. The summed E-state index contributed by atoms with van der Waals surface area (Å²) >= 11 is 0. The highest BCUT2D eigenvalue weighted by molar-refractivity contribution is 5.67. The van der Waals surface area contributed by atoms with E-state index in [1.54, 1.807) is 0 Å². The molecule has 6 heteroatoms. The Morgan fingerprint density at radius 2 is 1.92 bits per heavy atom. The molecule has 4 nitrogen and oxygen atoms in total. The molecule has 0 heterocycles. The monoisotopic (exact) mass is 333 g/mol. The van der Waals surface area contributed by atoms with Crippen molar-refractivity contribution in [1.82, 2.24) is 5.32 Å². The minimum atomic E-state index is -0.791. The molecule has 2 aromatic rings.